The van der Waals surface area contributed by atoms with Gasteiger partial charge >= 0.3 is 0 Å². The van der Waals surface area contributed by atoms with E-state index in [1.165, 1.54) is 30.0 Å². The van der Waals surface area contributed by atoms with Crippen LogP contribution in [0, 0.1) is 10.1 Å². The third-order valence-corrected chi connectivity index (χ3v) is 5.05. The molecule has 0 radical (unpaired) electrons. The number of nitro groups is 1. The number of nitro benzene ring substituents is 1. The van der Waals surface area contributed by atoms with Gasteiger partial charge in [0.2, 0.25) is 5.91 Å². The van der Waals surface area contributed by atoms with Crippen LogP contribution in [0.1, 0.15) is 5.82 Å². The molecule has 0 saturated carbocycles. The molecule has 2 aromatic carbocycles. The lowest BCUT2D eigenvalue weighted by molar-refractivity contribution is -0.384. The van der Waals surface area contributed by atoms with Crippen LogP contribution in [0.15, 0.2) is 53.7 Å². The number of benzene rings is 2. The fourth-order valence-corrected chi connectivity index (χ4v) is 3.16. The molecular weight excluding hydrogens is 418 g/mol. The lowest BCUT2D eigenvalue weighted by atomic mass is 10.3. The van der Waals surface area contributed by atoms with Crippen molar-refractivity contribution in [2.75, 3.05) is 11.1 Å². The van der Waals surface area contributed by atoms with Gasteiger partial charge in [-0.1, -0.05) is 29.4 Å². The summed E-state index contributed by atoms with van der Waals surface area (Å²) in [5, 5.41) is 22.7. The van der Waals surface area contributed by atoms with Crippen molar-refractivity contribution in [3.63, 3.8) is 0 Å². The summed E-state index contributed by atoms with van der Waals surface area (Å²) < 4.78 is 7.39. The minimum Gasteiger partial charge on any atom is -0.486 e. The Hall–Kier alpha value is -3.11. The zero-order chi connectivity index (χ0) is 20.8. The summed E-state index contributed by atoms with van der Waals surface area (Å²) in [4.78, 5) is 22.4. The molecular formula is C18H16ClN5O4S. The van der Waals surface area contributed by atoms with E-state index in [4.69, 9.17) is 16.3 Å². The first kappa shape index (κ1) is 20.6. The maximum absolute atomic E-state index is 12.1. The van der Waals surface area contributed by atoms with Gasteiger partial charge < -0.3 is 14.6 Å². The largest absolute Gasteiger partial charge is 0.486 e. The third kappa shape index (κ3) is 5.69. The Bertz CT molecular complexity index is 1030. The number of anilines is 1. The van der Waals surface area contributed by atoms with Crippen LogP contribution in [-0.4, -0.2) is 31.3 Å². The number of hydrogen-bond acceptors (Lipinski definition) is 7. The van der Waals surface area contributed by atoms with Crippen molar-refractivity contribution in [3.05, 3.63) is 69.5 Å². The van der Waals surface area contributed by atoms with Crippen LogP contribution in [0.25, 0.3) is 0 Å². The molecule has 0 spiro atoms. The first-order valence-electron chi connectivity index (χ1n) is 8.36. The first-order chi connectivity index (χ1) is 13.9. The van der Waals surface area contributed by atoms with Crippen LogP contribution in [0.5, 0.6) is 5.75 Å². The molecule has 1 amide bonds. The second kappa shape index (κ2) is 9.39. The average Bonchev–Trinajstić information content (AvgIpc) is 3.06. The monoisotopic (exact) mass is 433 g/mol. The highest BCUT2D eigenvalue weighted by Crippen LogP contribution is 2.20. The van der Waals surface area contributed by atoms with Crippen molar-refractivity contribution in [2.45, 2.75) is 11.8 Å². The third-order valence-electron chi connectivity index (χ3n) is 3.78. The van der Waals surface area contributed by atoms with Crippen molar-refractivity contribution < 1.29 is 14.5 Å². The fraction of sp³-hybridized carbons (Fsp3) is 0.167. The molecule has 0 aliphatic heterocycles. The zero-order valence-electron chi connectivity index (χ0n) is 15.2. The van der Waals surface area contributed by atoms with E-state index in [9.17, 15) is 14.9 Å². The van der Waals surface area contributed by atoms with Crippen LogP contribution in [0.2, 0.25) is 5.02 Å². The van der Waals surface area contributed by atoms with Gasteiger partial charge in [0.05, 0.1) is 10.7 Å². The molecule has 0 aliphatic carbocycles. The van der Waals surface area contributed by atoms with E-state index in [1.807, 2.05) is 0 Å². The molecule has 9 nitrogen and oxygen atoms in total. The highest BCUT2D eigenvalue weighted by atomic mass is 35.5. The topological polar surface area (TPSA) is 112 Å². The van der Waals surface area contributed by atoms with Gasteiger partial charge in [-0.05, 0) is 30.3 Å². The van der Waals surface area contributed by atoms with E-state index >= 15 is 0 Å². The minimum atomic E-state index is -0.516. The Morgan fingerprint density at radius 3 is 2.76 bits per heavy atom. The van der Waals surface area contributed by atoms with Crippen molar-refractivity contribution >= 4 is 40.6 Å². The molecule has 0 saturated heterocycles. The van der Waals surface area contributed by atoms with Gasteiger partial charge in [0, 0.05) is 29.9 Å². The molecule has 0 aliphatic rings. The molecule has 0 atom stereocenters. The number of hydrogen-bond donors (Lipinski definition) is 1. The first-order valence-corrected chi connectivity index (χ1v) is 9.72. The number of rotatable bonds is 8. The van der Waals surface area contributed by atoms with Crippen molar-refractivity contribution in [3.8, 4) is 5.75 Å². The number of nitrogens with zero attached hydrogens (tertiary/aromatic N) is 4. The van der Waals surface area contributed by atoms with Gasteiger partial charge in [-0.2, -0.15) is 0 Å². The summed E-state index contributed by atoms with van der Waals surface area (Å²) >= 11 is 7.04. The summed E-state index contributed by atoms with van der Waals surface area (Å²) in [6.07, 6.45) is 0. The lowest BCUT2D eigenvalue weighted by Crippen LogP contribution is -2.14. The van der Waals surface area contributed by atoms with Gasteiger partial charge in [-0.25, -0.2) is 0 Å². The molecule has 150 valence electrons. The zero-order valence-corrected chi connectivity index (χ0v) is 16.8. The van der Waals surface area contributed by atoms with Gasteiger partial charge in [0.1, 0.15) is 12.4 Å². The number of carbonyl (C=O) groups is 1. The number of carbonyl (C=O) groups excluding carboxylic acids is 1. The van der Waals surface area contributed by atoms with Gasteiger partial charge in [-0.3, -0.25) is 14.9 Å². The Morgan fingerprint density at radius 2 is 2.03 bits per heavy atom. The number of thioether (sulfide) groups is 1. The molecule has 1 aromatic heterocycles. The lowest BCUT2D eigenvalue weighted by Gasteiger charge is -2.07. The maximum atomic E-state index is 12.1. The number of non-ortho nitro benzene ring substituents is 1. The predicted octanol–water partition coefficient (Wildman–Crippen LogP) is 3.69. The minimum absolute atomic E-state index is 0.0761. The molecule has 1 N–H and O–H groups in total. The SMILES string of the molecule is Cn1c(COc2ccc(Cl)cc2)nnc1SCC(=O)Nc1cccc([N+](=O)[O-])c1. The number of ether oxygens (including phenoxy) is 1. The highest BCUT2D eigenvalue weighted by Gasteiger charge is 2.13. The molecule has 29 heavy (non-hydrogen) atoms. The van der Waals surface area contributed by atoms with Crippen LogP contribution in [0.4, 0.5) is 11.4 Å². The van der Waals surface area contributed by atoms with Crippen molar-refractivity contribution in [2.24, 2.45) is 7.05 Å². The smallest absolute Gasteiger partial charge is 0.271 e. The molecule has 0 unspecified atom stereocenters. The quantitative estimate of drug-likeness (QED) is 0.327. The van der Waals surface area contributed by atoms with E-state index < -0.39 is 4.92 Å². The Kier molecular flexibility index (Phi) is 6.68. The van der Waals surface area contributed by atoms with Gasteiger partial charge in [0.25, 0.3) is 5.69 Å². The number of aromatic nitrogens is 3. The second-order valence-corrected chi connectivity index (χ2v) is 7.22. The number of halogens is 1. The average molecular weight is 434 g/mol. The summed E-state index contributed by atoms with van der Waals surface area (Å²) in [7, 11) is 1.78. The number of nitrogens with one attached hydrogen (secondary N) is 1. The fourth-order valence-electron chi connectivity index (χ4n) is 2.30. The maximum Gasteiger partial charge on any atom is 0.271 e. The molecule has 0 fully saturated rings. The van der Waals surface area contributed by atoms with E-state index in [2.05, 4.69) is 15.5 Å². The number of amides is 1. The molecule has 3 aromatic rings. The van der Waals surface area contributed by atoms with Gasteiger partial charge in [0.15, 0.2) is 11.0 Å². The van der Waals surface area contributed by atoms with E-state index in [0.717, 1.165) is 0 Å². The van der Waals surface area contributed by atoms with Crippen LogP contribution in [-0.2, 0) is 18.4 Å². The van der Waals surface area contributed by atoms with E-state index in [1.54, 1.807) is 41.9 Å². The molecule has 1 heterocycles. The summed E-state index contributed by atoms with van der Waals surface area (Å²) in [5.41, 5.74) is 0.272. The standard InChI is InChI=1S/C18H16ClN5O4S/c1-23-16(10-28-15-7-5-12(19)6-8-15)21-22-18(23)29-11-17(25)20-13-3-2-4-14(9-13)24(26)27/h2-9H,10-11H2,1H3,(H,20,25). The molecule has 0 bridgehead atoms. The molecule has 11 heteroatoms. The second-order valence-electron chi connectivity index (χ2n) is 5.84. The summed E-state index contributed by atoms with van der Waals surface area (Å²) in [5.74, 6) is 1.02. The Labute approximate surface area is 175 Å². The van der Waals surface area contributed by atoms with Crippen LogP contribution in [0.3, 0.4) is 0 Å². The normalized spacial score (nSPS) is 10.6. The Balaban J connectivity index is 1.53. The Morgan fingerprint density at radius 1 is 1.28 bits per heavy atom. The van der Waals surface area contributed by atoms with Crippen LogP contribution < -0.4 is 10.1 Å². The predicted molar refractivity (Wildman–Crippen MR) is 109 cm³/mol. The van der Waals surface area contributed by atoms with Crippen molar-refractivity contribution in [1.82, 2.24) is 14.8 Å². The van der Waals surface area contributed by atoms with E-state index in [0.29, 0.717) is 27.4 Å². The highest BCUT2D eigenvalue weighted by molar-refractivity contribution is 7.99. The summed E-state index contributed by atoms with van der Waals surface area (Å²) in [6, 6.07) is 12.7. The molecule has 3 rings (SSSR count). The van der Waals surface area contributed by atoms with Gasteiger partial charge in [-0.15, -0.1) is 10.2 Å². The van der Waals surface area contributed by atoms with E-state index in [-0.39, 0.29) is 24.0 Å². The summed E-state index contributed by atoms with van der Waals surface area (Å²) in [6.45, 7) is 0.214. The van der Waals surface area contributed by atoms with Crippen LogP contribution >= 0.6 is 23.4 Å². The van der Waals surface area contributed by atoms with Crippen molar-refractivity contribution in [1.29, 1.82) is 0 Å².